The van der Waals surface area contributed by atoms with Crippen molar-refractivity contribution in [3.8, 4) is 0 Å². The molecule has 0 N–H and O–H groups in total. The van der Waals surface area contributed by atoms with Crippen LogP contribution in [-0.2, 0) is 17.1 Å². The molecule has 1 heterocycles. The summed E-state index contributed by atoms with van der Waals surface area (Å²) in [7, 11) is 9.27. The maximum Gasteiger partial charge on any atom is 3.00 e. The van der Waals surface area contributed by atoms with Crippen LogP contribution in [0.25, 0.3) is 0 Å². The molecule has 105 valence electrons. The van der Waals surface area contributed by atoms with Crippen molar-refractivity contribution in [3.05, 3.63) is 0 Å². The molecule has 1 saturated heterocycles. The molecule has 0 unspecified atom stereocenters. The Balaban J connectivity index is -0.0000000417. The number of hydrogen-bond acceptors (Lipinski definition) is 0. The molecule has 0 aromatic rings. The van der Waals surface area contributed by atoms with E-state index in [1.165, 1.54) is 35.1 Å². The summed E-state index contributed by atoms with van der Waals surface area (Å²) < 4.78 is 2.42. The second kappa shape index (κ2) is 13.3. The van der Waals surface area contributed by atoms with Gasteiger partial charge < -0.3 is 71.0 Å². The molecule has 1 fully saturated rings. The van der Waals surface area contributed by atoms with Crippen molar-refractivity contribution in [2.45, 2.75) is 0 Å². The Morgan fingerprint density at radius 2 is 0.625 bits per heavy atom. The van der Waals surface area contributed by atoms with Crippen molar-refractivity contribution in [2.24, 2.45) is 0 Å². The molecule has 0 spiro atoms. The van der Waals surface area contributed by atoms with Crippen LogP contribution in [0, 0.1) is 0 Å². The first kappa shape index (κ1) is 36.1. The van der Waals surface area contributed by atoms with Gasteiger partial charge in [0.15, 0.2) is 0 Å². The maximum absolute atomic E-state index is 2.32. The number of hydrogen-bond donors (Lipinski definition) is 0. The first-order valence-electron chi connectivity index (χ1n) is 4.05. The van der Waals surface area contributed by atoms with Crippen LogP contribution in [0.15, 0.2) is 0 Å². The van der Waals surface area contributed by atoms with Gasteiger partial charge in [-0.25, -0.2) is 0 Å². The first-order valence-corrected chi connectivity index (χ1v) is 4.05. The summed E-state index contributed by atoms with van der Waals surface area (Å²) in [5.74, 6) is 0. The SMILES string of the molecule is C[N+]1(C)CC[N+](C)(C)CC1.[Cl-].[Cl-].[Cl-].[Cl-].[Cl-].[Fe+3]. The zero-order valence-electron chi connectivity index (χ0n) is 9.97. The van der Waals surface area contributed by atoms with E-state index in [-0.39, 0.29) is 79.1 Å². The van der Waals surface area contributed by atoms with Crippen LogP contribution in [0.5, 0.6) is 0 Å². The van der Waals surface area contributed by atoms with Gasteiger partial charge in [0.25, 0.3) is 0 Å². The van der Waals surface area contributed by atoms with E-state index < -0.39 is 0 Å². The monoisotopic (exact) mass is 375 g/mol. The zero-order valence-corrected chi connectivity index (χ0v) is 14.9. The van der Waals surface area contributed by atoms with E-state index in [2.05, 4.69) is 28.2 Å². The maximum atomic E-state index is 2.32. The molecule has 0 aliphatic carbocycles. The zero-order chi connectivity index (χ0) is 7.83. The molecule has 0 amide bonds. The van der Waals surface area contributed by atoms with E-state index in [4.69, 9.17) is 0 Å². The van der Waals surface area contributed by atoms with Crippen molar-refractivity contribution in [2.75, 3.05) is 54.4 Å². The van der Waals surface area contributed by atoms with E-state index in [1.54, 1.807) is 0 Å². The van der Waals surface area contributed by atoms with E-state index in [0.29, 0.717) is 0 Å². The summed E-state index contributed by atoms with van der Waals surface area (Å²) in [6, 6.07) is 0. The predicted molar refractivity (Wildman–Crippen MR) is 43.7 cm³/mol. The fraction of sp³-hybridized carbons (Fsp3) is 1.00. The van der Waals surface area contributed by atoms with Gasteiger partial charge in [-0.15, -0.1) is 0 Å². The average molecular weight is 377 g/mol. The van der Waals surface area contributed by atoms with E-state index in [0.717, 1.165) is 0 Å². The van der Waals surface area contributed by atoms with Gasteiger partial charge in [-0.3, -0.25) is 0 Å². The predicted octanol–water partition coefficient (Wildman–Crippen LogP) is -14.8. The Kier molecular flexibility index (Phi) is 30.1. The normalized spacial score (nSPS) is 18.8. The van der Waals surface area contributed by atoms with Crippen molar-refractivity contribution >= 4 is 0 Å². The summed E-state index contributed by atoms with van der Waals surface area (Å²) in [5.41, 5.74) is 0. The van der Waals surface area contributed by atoms with Crippen LogP contribution in [0.1, 0.15) is 0 Å². The van der Waals surface area contributed by atoms with Crippen molar-refractivity contribution in [3.63, 3.8) is 0 Å². The standard InChI is InChI=1S/C8H20N2.5ClH.Fe/c1-9(2)5-7-10(3,4)8-6-9;;;;;;/h5-8H2,1-4H3;5*1H;/q+2;;;;;;+3/p-5. The molecule has 1 aliphatic heterocycles. The molecule has 0 saturated carbocycles. The Morgan fingerprint density at radius 3 is 0.750 bits per heavy atom. The third-order valence-corrected chi connectivity index (χ3v) is 2.62. The molecule has 1 rings (SSSR count). The Morgan fingerprint density at radius 1 is 0.500 bits per heavy atom. The summed E-state index contributed by atoms with van der Waals surface area (Å²) >= 11 is 0. The number of rotatable bonds is 0. The smallest absolute Gasteiger partial charge is 1.00 e. The molecular weight excluding hydrogens is 357 g/mol. The van der Waals surface area contributed by atoms with Crippen LogP contribution in [0.4, 0.5) is 0 Å². The van der Waals surface area contributed by atoms with Crippen molar-refractivity contribution in [1.82, 2.24) is 0 Å². The molecule has 1 aliphatic rings. The molecule has 0 bridgehead atoms. The minimum absolute atomic E-state index is 0. The Hall–Kier alpha value is 1.89. The quantitative estimate of drug-likeness (QED) is 0.291. The van der Waals surface area contributed by atoms with E-state index >= 15 is 0 Å². The molecule has 16 heavy (non-hydrogen) atoms. The van der Waals surface area contributed by atoms with Gasteiger partial charge in [0.2, 0.25) is 0 Å². The van der Waals surface area contributed by atoms with Gasteiger partial charge in [0.05, 0.1) is 28.2 Å². The number of likely N-dealkylation sites (N-methyl/N-ethyl adjacent to an activating group) is 2. The van der Waals surface area contributed by atoms with Gasteiger partial charge in [-0.1, -0.05) is 0 Å². The molecule has 1 radical (unpaired) electrons. The van der Waals surface area contributed by atoms with Gasteiger partial charge >= 0.3 is 17.1 Å². The van der Waals surface area contributed by atoms with Gasteiger partial charge in [-0.05, 0) is 0 Å². The number of piperazine rings is 1. The minimum atomic E-state index is 0. The van der Waals surface area contributed by atoms with Crippen LogP contribution >= 0.6 is 0 Å². The Bertz CT molecular complexity index is 118. The fourth-order valence-electron chi connectivity index (χ4n) is 1.31. The molecule has 0 aromatic heterocycles. The fourth-order valence-corrected chi connectivity index (χ4v) is 1.31. The van der Waals surface area contributed by atoms with Gasteiger partial charge in [0.1, 0.15) is 26.2 Å². The number of halogens is 5. The first-order chi connectivity index (χ1) is 4.41. The molecule has 0 aromatic carbocycles. The molecule has 8 heteroatoms. The Labute approximate surface area is 142 Å². The summed E-state index contributed by atoms with van der Waals surface area (Å²) in [5, 5.41) is 0. The summed E-state index contributed by atoms with van der Waals surface area (Å²) in [6.45, 7) is 5.31. The second-order valence-electron chi connectivity index (χ2n) is 4.77. The van der Waals surface area contributed by atoms with Crippen LogP contribution in [0.3, 0.4) is 0 Å². The average Bonchev–Trinajstić information content (AvgIpc) is 1.79. The van der Waals surface area contributed by atoms with E-state index in [1.807, 2.05) is 0 Å². The molecule has 0 atom stereocenters. The number of nitrogens with zero attached hydrogens (tertiary/aromatic N) is 2. The van der Waals surface area contributed by atoms with Crippen LogP contribution < -0.4 is 62.0 Å². The largest absolute Gasteiger partial charge is 3.00 e. The van der Waals surface area contributed by atoms with Crippen LogP contribution in [-0.4, -0.2) is 63.3 Å². The number of quaternary nitrogens is 2. The van der Waals surface area contributed by atoms with Gasteiger partial charge in [-0.2, -0.15) is 0 Å². The van der Waals surface area contributed by atoms with E-state index in [9.17, 15) is 0 Å². The summed E-state index contributed by atoms with van der Waals surface area (Å²) in [6.07, 6.45) is 0. The minimum Gasteiger partial charge on any atom is -1.00 e. The van der Waals surface area contributed by atoms with Crippen LogP contribution in [0.2, 0.25) is 0 Å². The molecular formula is C8H20Cl5FeN2. The third-order valence-electron chi connectivity index (χ3n) is 2.62. The van der Waals surface area contributed by atoms with Crippen molar-refractivity contribution in [1.29, 1.82) is 0 Å². The van der Waals surface area contributed by atoms with Gasteiger partial charge in [0, 0.05) is 0 Å². The van der Waals surface area contributed by atoms with Crippen molar-refractivity contribution < 1.29 is 88.1 Å². The third kappa shape index (κ3) is 14.0. The summed E-state index contributed by atoms with van der Waals surface area (Å²) in [4.78, 5) is 0. The topological polar surface area (TPSA) is 0 Å². The molecule has 2 nitrogen and oxygen atoms in total. The second-order valence-corrected chi connectivity index (χ2v) is 4.77.